The van der Waals surface area contributed by atoms with Gasteiger partial charge in [0.05, 0.1) is 9.52 Å². The SMILES string of the molecule is CCCCc1ccc(C2=C(C(C)C)C([SiH2]c3ccccc3)=C(C)C2)cc1. The van der Waals surface area contributed by atoms with Crippen LogP contribution in [0.2, 0.25) is 0 Å². The van der Waals surface area contributed by atoms with E-state index in [0.717, 1.165) is 6.42 Å². The van der Waals surface area contributed by atoms with E-state index in [1.165, 1.54) is 30.4 Å². The summed E-state index contributed by atoms with van der Waals surface area (Å²) in [5, 5.41) is 3.26. The van der Waals surface area contributed by atoms with Gasteiger partial charge in [-0.1, -0.05) is 97.7 Å². The molecule has 0 aliphatic heterocycles. The molecular formula is C25H32Si. The maximum absolute atomic E-state index is 2.36. The lowest BCUT2D eigenvalue weighted by Crippen LogP contribution is -2.18. The summed E-state index contributed by atoms with van der Waals surface area (Å²) in [5.41, 5.74) is 7.74. The standard InChI is InChI=1S/C25H32Si/c1-5-6-10-20-13-15-21(16-14-20)23-17-19(4)25(24(23)18(2)3)26-22-11-8-7-9-12-22/h7-9,11-16,18H,5-6,10,17,26H2,1-4H3. The summed E-state index contributed by atoms with van der Waals surface area (Å²) in [5.74, 6) is 0.591. The van der Waals surface area contributed by atoms with Crippen LogP contribution in [-0.4, -0.2) is 9.52 Å². The van der Waals surface area contributed by atoms with Crippen LogP contribution >= 0.6 is 0 Å². The monoisotopic (exact) mass is 360 g/mol. The van der Waals surface area contributed by atoms with E-state index in [2.05, 4.69) is 82.3 Å². The first-order valence-corrected chi connectivity index (χ1v) is 11.6. The molecule has 0 N–H and O–H groups in total. The lowest BCUT2D eigenvalue weighted by atomic mass is 9.93. The van der Waals surface area contributed by atoms with E-state index < -0.39 is 9.52 Å². The second-order valence-corrected chi connectivity index (χ2v) is 9.82. The average Bonchev–Trinajstić information content (AvgIpc) is 2.98. The van der Waals surface area contributed by atoms with Crippen molar-refractivity contribution in [3.63, 3.8) is 0 Å². The third kappa shape index (κ3) is 4.27. The van der Waals surface area contributed by atoms with E-state index in [0.29, 0.717) is 5.92 Å². The van der Waals surface area contributed by atoms with Crippen LogP contribution in [0, 0.1) is 5.92 Å². The Morgan fingerprint density at radius 1 is 0.962 bits per heavy atom. The van der Waals surface area contributed by atoms with Crippen molar-refractivity contribution in [3.8, 4) is 0 Å². The minimum Gasteiger partial charge on any atom is -0.0696 e. The fraction of sp³-hybridized carbons (Fsp3) is 0.360. The normalized spacial score (nSPS) is 15.1. The molecule has 0 atom stereocenters. The fourth-order valence-electron chi connectivity index (χ4n) is 4.13. The molecule has 136 valence electrons. The maximum atomic E-state index is 2.36. The first-order chi connectivity index (χ1) is 12.6. The van der Waals surface area contributed by atoms with Gasteiger partial charge in [-0.05, 0) is 54.4 Å². The van der Waals surface area contributed by atoms with Gasteiger partial charge < -0.3 is 0 Å². The summed E-state index contributed by atoms with van der Waals surface area (Å²) in [6.07, 6.45) is 4.89. The summed E-state index contributed by atoms with van der Waals surface area (Å²) < 4.78 is 0. The molecule has 0 aromatic heterocycles. The van der Waals surface area contributed by atoms with Crippen LogP contribution in [0.4, 0.5) is 0 Å². The van der Waals surface area contributed by atoms with Crippen molar-refractivity contribution in [1.82, 2.24) is 0 Å². The predicted octanol–water partition coefficient (Wildman–Crippen LogP) is 5.61. The van der Waals surface area contributed by atoms with Gasteiger partial charge in [0.25, 0.3) is 0 Å². The molecule has 26 heavy (non-hydrogen) atoms. The second-order valence-electron chi connectivity index (χ2n) is 7.95. The van der Waals surface area contributed by atoms with Gasteiger partial charge in [0, 0.05) is 0 Å². The van der Waals surface area contributed by atoms with E-state index in [1.54, 1.807) is 27.1 Å². The number of rotatable bonds is 7. The number of unbranched alkanes of at least 4 members (excludes halogenated alkanes) is 1. The van der Waals surface area contributed by atoms with Crippen LogP contribution in [0.5, 0.6) is 0 Å². The van der Waals surface area contributed by atoms with E-state index in [9.17, 15) is 0 Å². The molecule has 1 heteroatoms. The Morgan fingerprint density at radius 2 is 1.65 bits per heavy atom. The van der Waals surface area contributed by atoms with Gasteiger partial charge >= 0.3 is 0 Å². The number of hydrogen-bond acceptors (Lipinski definition) is 0. The van der Waals surface area contributed by atoms with Crippen molar-refractivity contribution in [2.24, 2.45) is 5.92 Å². The highest BCUT2D eigenvalue weighted by atomic mass is 28.2. The van der Waals surface area contributed by atoms with Crippen LogP contribution in [0.25, 0.3) is 5.57 Å². The molecule has 0 saturated heterocycles. The predicted molar refractivity (Wildman–Crippen MR) is 119 cm³/mol. The van der Waals surface area contributed by atoms with E-state index >= 15 is 0 Å². The van der Waals surface area contributed by atoms with E-state index in [-0.39, 0.29) is 0 Å². The molecule has 1 aliphatic carbocycles. The van der Waals surface area contributed by atoms with Gasteiger partial charge in [-0.2, -0.15) is 0 Å². The third-order valence-corrected chi connectivity index (χ3v) is 7.75. The Bertz CT molecular complexity index is 792. The Hall–Kier alpha value is -1.86. The first-order valence-electron chi connectivity index (χ1n) is 10.2. The van der Waals surface area contributed by atoms with Crippen molar-refractivity contribution < 1.29 is 0 Å². The number of allylic oxidation sites excluding steroid dienone is 4. The summed E-state index contributed by atoms with van der Waals surface area (Å²) in [6.45, 7) is 9.35. The number of aryl methyl sites for hydroxylation is 1. The molecule has 0 bridgehead atoms. The van der Waals surface area contributed by atoms with Crippen molar-refractivity contribution in [2.75, 3.05) is 0 Å². The summed E-state index contributed by atoms with van der Waals surface area (Å²) in [4.78, 5) is 0. The molecule has 0 saturated carbocycles. The Balaban J connectivity index is 1.90. The van der Waals surface area contributed by atoms with Gasteiger partial charge in [0.15, 0.2) is 0 Å². The van der Waals surface area contributed by atoms with Gasteiger partial charge in [-0.15, -0.1) is 0 Å². The quantitative estimate of drug-likeness (QED) is 0.563. The van der Waals surface area contributed by atoms with Gasteiger partial charge in [-0.25, -0.2) is 0 Å². The van der Waals surface area contributed by atoms with Crippen molar-refractivity contribution in [1.29, 1.82) is 0 Å². The molecule has 0 fully saturated rings. The molecule has 0 unspecified atom stereocenters. The summed E-state index contributed by atoms with van der Waals surface area (Å²) in [6, 6.07) is 20.5. The van der Waals surface area contributed by atoms with Gasteiger partial charge in [0.2, 0.25) is 0 Å². The Labute approximate surface area is 161 Å². The number of benzene rings is 2. The maximum Gasteiger partial charge on any atom is 0.0878 e. The topological polar surface area (TPSA) is 0 Å². The summed E-state index contributed by atoms with van der Waals surface area (Å²) >= 11 is 0. The van der Waals surface area contributed by atoms with Crippen molar-refractivity contribution >= 4 is 20.3 Å². The molecule has 0 radical (unpaired) electrons. The largest absolute Gasteiger partial charge is 0.0878 e. The molecule has 0 nitrogen and oxygen atoms in total. The minimum atomic E-state index is -0.407. The highest BCUT2D eigenvalue weighted by Gasteiger charge is 2.25. The fourth-order valence-corrected chi connectivity index (χ4v) is 6.29. The minimum absolute atomic E-state index is 0.407. The molecular weight excluding hydrogens is 328 g/mol. The van der Waals surface area contributed by atoms with Crippen molar-refractivity contribution in [3.05, 3.63) is 82.1 Å². The van der Waals surface area contributed by atoms with Gasteiger partial charge in [0.1, 0.15) is 0 Å². The second kappa shape index (κ2) is 8.68. The molecule has 2 aromatic carbocycles. The summed E-state index contributed by atoms with van der Waals surface area (Å²) in [7, 11) is -0.407. The zero-order valence-corrected chi connectivity index (χ0v) is 18.2. The molecule has 0 heterocycles. The molecule has 1 aliphatic rings. The molecule has 3 rings (SSSR count). The lowest BCUT2D eigenvalue weighted by molar-refractivity contribution is 0.791. The number of hydrogen-bond donors (Lipinski definition) is 0. The zero-order valence-electron chi connectivity index (χ0n) is 16.8. The Morgan fingerprint density at radius 3 is 2.27 bits per heavy atom. The lowest BCUT2D eigenvalue weighted by Gasteiger charge is -2.16. The smallest absolute Gasteiger partial charge is 0.0696 e. The van der Waals surface area contributed by atoms with Crippen molar-refractivity contribution in [2.45, 2.75) is 53.4 Å². The van der Waals surface area contributed by atoms with Crippen LogP contribution in [0.1, 0.15) is 58.1 Å². The van der Waals surface area contributed by atoms with E-state index in [1.807, 2.05) is 0 Å². The molecule has 0 spiro atoms. The highest BCUT2D eigenvalue weighted by molar-refractivity contribution is 6.62. The first kappa shape index (κ1) is 18.9. The van der Waals surface area contributed by atoms with E-state index in [4.69, 9.17) is 0 Å². The highest BCUT2D eigenvalue weighted by Crippen LogP contribution is 2.41. The molecule has 0 amide bonds. The van der Waals surface area contributed by atoms with Crippen LogP contribution in [0.15, 0.2) is 70.9 Å². The zero-order chi connectivity index (χ0) is 18.5. The van der Waals surface area contributed by atoms with Crippen LogP contribution in [-0.2, 0) is 6.42 Å². The Kier molecular flexibility index (Phi) is 6.32. The average molecular weight is 361 g/mol. The molecule has 2 aromatic rings. The van der Waals surface area contributed by atoms with Crippen LogP contribution in [0.3, 0.4) is 0 Å². The van der Waals surface area contributed by atoms with Gasteiger partial charge in [-0.3, -0.25) is 0 Å². The van der Waals surface area contributed by atoms with Crippen LogP contribution < -0.4 is 5.19 Å². The third-order valence-electron chi connectivity index (χ3n) is 5.53.